The van der Waals surface area contributed by atoms with E-state index < -0.39 is 17.6 Å². The van der Waals surface area contributed by atoms with Crippen LogP contribution in [0, 0.1) is 12.8 Å². The van der Waals surface area contributed by atoms with Gasteiger partial charge in [0.15, 0.2) is 5.01 Å². The van der Waals surface area contributed by atoms with Crippen LogP contribution in [0.5, 0.6) is 0 Å². The number of carbonyl (C=O) groups is 2. The van der Waals surface area contributed by atoms with E-state index in [9.17, 15) is 14.7 Å². The van der Waals surface area contributed by atoms with Crippen LogP contribution in [0.15, 0.2) is 12.3 Å². The SMILES string of the molecule is Cc1cc(N[C@@H](C)C2CC2)ncc1-c1sc(C(=O)N[C@H](C)C(C)(C)O)nc1C(=O)N1CCC[C@@H]1C. The fraction of sp³-hybridized carbons (Fsp3) is 0.615. The first-order valence-electron chi connectivity index (χ1n) is 12.5. The molecule has 0 aromatic carbocycles. The normalized spacial score (nSPS) is 20.0. The Labute approximate surface area is 211 Å². The zero-order valence-electron chi connectivity index (χ0n) is 21.5. The molecule has 2 fully saturated rings. The molecule has 0 unspecified atom stereocenters. The van der Waals surface area contributed by atoms with Crippen LogP contribution in [0.3, 0.4) is 0 Å². The second kappa shape index (κ2) is 9.85. The standard InChI is InChI=1S/C26H37N5O3S/c1-14-12-20(28-16(3)18-9-10-18)27-13-19(14)22-21(25(33)31-11-7-8-15(31)2)30-24(35-22)23(32)29-17(4)26(5,6)34/h12-13,15-18,34H,7-11H2,1-6H3,(H,27,28)(H,29,32)/t15-,16-,17+/m0/s1. The van der Waals surface area contributed by atoms with Gasteiger partial charge < -0.3 is 20.6 Å². The summed E-state index contributed by atoms with van der Waals surface area (Å²) in [5.74, 6) is 0.965. The number of anilines is 1. The summed E-state index contributed by atoms with van der Waals surface area (Å²) in [4.78, 5) is 38.2. The maximum absolute atomic E-state index is 13.5. The van der Waals surface area contributed by atoms with Crippen LogP contribution in [0.2, 0.25) is 0 Å². The molecule has 1 aliphatic heterocycles. The Balaban J connectivity index is 1.67. The van der Waals surface area contributed by atoms with Crippen molar-refractivity contribution in [2.24, 2.45) is 5.92 Å². The predicted molar refractivity (Wildman–Crippen MR) is 139 cm³/mol. The highest BCUT2D eigenvalue weighted by molar-refractivity contribution is 7.17. The first-order chi connectivity index (χ1) is 16.5. The molecule has 35 heavy (non-hydrogen) atoms. The fourth-order valence-corrected chi connectivity index (χ4v) is 5.41. The zero-order valence-corrected chi connectivity index (χ0v) is 22.3. The van der Waals surface area contributed by atoms with Gasteiger partial charge in [0.05, 0.1) is 16.5 Å². The molecule has 9 heteroatoms. The Morgan fingerprint density at radius 3 is 2.54 bits per heavy atom. The van der Waals surface area contributed by atoms with Gasteiger partial charge in [-0.15, -0.1) is 11.3 Å². The van der Waals surface area contributed by atoms with Gasteiger partial charge in [0.25, 0.3) is 11.8 Å². The van der Waals surface area contributed by atoms with Gasteiger partial charge in [-0.05, 0) is 84.8 Å². The Morgan fingerprint density at radius 2 is 1.97 bits per heavy atom. The molecule has 3 N–H and O–H groups in total. The molecule has 0 radical (unpaired) electrons. The minimum Gasteiger partial charge on any atom is -0.388 e. The average molecular weight is 500 g/mol. The van der Waals surface area contributed by atoms with Crippen molar-refractivity contribution in [1.29, 1.82) is 0 Å². The predicted octanol–water partition coefficient (Wildman–Crippen LogP) is 4.24. The van der Waals surface area contributed by atoms with Crippen molar-refractivity contribution in [3.63, 3.8) is 0 Å². The summed E-state index contributed by atoms with van der Waals surface area (Å²) in [5.41, 5.74) is 0.980. The van der Waals surface area contributed by atoms with E-state index in [0.717, 1.165) is 29.8 Å². The average Bonchev–Trinajstić information content (AvgIpc) is 3.40. The van der Waals surface area contributed by atoms with Crippen molar-refractivity contribution < 1.29 is 14.7 Å². The van der Waals surface area contributed by atoms with Gasteiger partial charge >= 0.3 is 0 Å². The van der Waals surface area contributed by atoms with E-state index in [1.165, 1.54) is 24.2 Å². The van der Waals surface area contributed by atoms with E-state index in [0.29, 0.717) is 29.1 Å². The lowest BCUT2D eigenvalue weighted by Gasteiger charge is -2.26. The molecule has 2 aliphatic rings. The minimum atomic E-state index is -1.08. The van der Waals surface area contributed by atoms with E-state index in [2.05, 4.69) is 27.5 Å². The molecule has 0 bridgehead atoms. The summed E-state index contributed by atoms with van der Waals surface area (Å²) in [5, 5.41) is 16.7. The number of hydrogen-bond donors (Lipinski definition) is 3. The number of thiazole rings is 1. The van der Waals surface area contributed by atoms with E-state index in [1.807, 2.05) is 24.8 Å². The molecular formula is C26H37N5O3S. The number of rotatable bonds is 8. The van der Waals surface area contributed by atoms with Gasteiger partial charge in [-0.2, -0.15) is 0 Å². The zero-order chi connectivity index (χ0) is 25.5. The van der Waals surface area contributed by atoms with Crippen molar-refractivity contribution in [3.8, 4) is 10.4 Å². The summed E-state index contributed by atoms with van der Waals surface area (Å²) in [6.45, 7) is 11.9. The summed E-state index contributed by atoms with van der Waals surface area (Å²) in [7, 11) is 0. The minimum absolute atomic E-state index is 0.138. The number of nitrogens with one attached hydrogen (secondary N) is 2. The maximum atomic E-state index is 13.5. The van der Waals surface area contributed by atoms with Crippen LogP contribution < -0.4 is 10.6 Å². The third-order valence-electron chi connectivity index (χ3n) is 7.31. The van der Waals surface area contributed by atoms with Crippen molar-refractivity contribution in [1.82, 2.24) is 20.2 Å². The Bertz CT molecular complexity index is 1100. The van der Waals surface area contributed by atoms with E-state index in [1.54, 1.807) is 27.0 Å². The molecule has 3 heterocycles. The number of nitrogens with zero attached hydrogens (tertiary/aromatic N) is 3. The molecule has 0 spiro atoms. The van der Waals surface area contributed by atoms with E-state index >= 15 is 0 Å². The number of aliphatic hydroxyl groups is 1. The molecular weight excluding hydrogens is 462 g/mol. The van der Waals surface area contributed by atoms with Crippen LogP contribution in [0.1, 0.15) is 86.2 Å². The van der Waals surface area contributed by atoms with Crippen LogP contribution in [0.4, 0.5) is 5.82 Å². The molecule has 2 aromatic heterocycles. The molecule has 1 aliphatic carbocycles. The molecule has 1 saturated heterocycles. The monoisotopic (exact) mass is 499 g/mol. The first kappa shape index (κ1) is 25.6. The molecule has 3 atom stereocenters. The smallest absolute Gasteiger partial charge is 0.280 e. The second-order valence-corrected chi connectivity index (χ2v) is 11.7. The van der Waals surface area contributed by atoms with Gasteiger partial charge in [0.2, 0.25) is 0 Å². The summed E-state index contributed by atoms with van der Waals surface area (Å²) in [6, 6.07) is 2.02. The van der Waals surface area contributed by atoms with Crippen molar-refractivity contribution >= 4 is 29.0 Å². The largest absolute Gasteiger partial charge is 0.388 e. The Kier molecular flexibility index (Phi) is 7.20. The number of likely N-dealkylation sites (tertiary alicyclic amines) is 1. The summed E-state index contributed by atoms with van der Waals surface area (Å²) < 4.78 is 0. The topological polar surface area (TPSA) is 107 Å². The molecule has 1 saturated carbocycles. The van der Waals surface area contributed by atoms with Crippen LogP contribution in [-0.4, -0.2) is 62.1 Å². The quantitative estimate of drug-likeness (QED) is 0.502. The van der Waals surface area contributed by atoms with Crippen molar-refractivity contribution in [2.75, 3.05) is 11.9 Å². The van der Waals surface area contributed by atoms with Gasteiger partial charge in [-0.3, -0.25) is 9.59 Å². The highest BCUT2D eigenvalue weighted by Crippen LogP contribution is 2.37. The molecule has 2 aromatic rings. The molecule has 4 rings (SSSR count). The second-order valence-electron chi connectivity index (χ2n) is 10.7. The summed E-state index contributed by atoms with van der Waals surface area (Å²) in [6.07, 6.45) is 6.20. The lowest BCUT2D eigenvalue weighted by molar-refractivity contribution is 0.0408. The third kappa shape index (κ3) is 5.67. The highest BCUT2D eigenvalue weighted by atomic mass is 32.1. The van der Waals surface area contributed by atoms with Gasteiger partial charge in [0, 0.05) is 30.4 Å². The fourth-order valence-electron chi connectivity index (χ4n) is 4.37. The van der Waals surface area contributed by atoms with Crippen LogP contribution >= 0.6 is 11.3 Å². The number of hydrogen-bond acceptors (Lipinski definition) is 7. The number of aryl methyl sites for hydroxylation is 1. The van der Waals surface area contributed by atoms with Gasteiger partial charge in [-0.1, -0.05) is 0 Å². The van der Waals surface area contributed by atoms with Crippen LogP contribution in [0.25, 0.3) is 10.4 Å². The van der Waals surface area contributed by atoms with Gasteiger partial charge in [0.1, 0.15) is 11.5 Å². The molecule has 190 valence electrons. The Hall–Kier alpha value is -2.52. The first-order valence-corrected chi connectivity index (χ1v) is 13.4. The number of amides is 2. The van der Waals surface area contributed by atoms with E-state index in [-0.39, 0.29) is 17.0 Å². The number of pyridine rings is 1. The lowest BCUT2D eigenvalue weighted by Crippen LogP contribution is -2.47. The highest BCUT2D eigenvalue weighted by Gasteiger charge is 2.33. The van der Waals surface area contributed by atoms with Crippen molar-refractivity contribution in [2.45, 2.75) is 91.0 Å². The number of carbonyl (C=O) groups excluding carboxylic acids is 2. The molecule has 2 amide bonds. The number of aromatic nitrogens is 2. The van der Waals surface area contributed by atoms with Gasteiger partial charge in [-0.25, -0.2) is 9.97 Å². The Morgan fingerprint density at radius 1 is 1.26 bits per heavy atom. The molecule has 8 nitrogen and oxygen atoms in total. The van der Waals surface area contributed by atoms with Crippen molar-refractivity contribution in [3.05, 3.63) is 28.5 Å². The van der Waals surface area contributed by atoms with E-state index in [4.69, 9.17) is 0 Å². The summed E-state index contributed by atoms with van der Waals surface area (Å²) >= 11 is 1.20. The lowest BCUT2D eigenvalue weighted by atomic mass is 10.0. The maximum Gasteiger partial charge on any atom is 0.280 e. The van der Waals surface area contributed by atoms with Crippen LogP contribution in [-0.2, 0) is 0 Å². The third-order valence-corrected chi connectivity index (χ3v) is 8.39.